The van der Waals surface area contributed by atoms with E-state index in [-0.39, 0.29) is 5.69 Å². The van der Waals surface area contributed by atoms with Crippen LogP contribution in [0.1, 0.15) is 15.9 Å². The number of hydrogen-bond donors (Lipinski definition) is 0. The Labute approximate surface area is 104 Å². The number of non-ortho nitro benzene ring substituents is 1. The average Bonchev–Trinajstić information content (AvgIpc) is 2.38. The molecule has 4 heteroatoms. The molecule has 0 bridgehead atoms. The number of aryl methyl sites for hydroxylation is 1. The Balaban J connectivity index is 2.39. The normalized spacial score (nSPS) is 10.1. The van der Waals surface area contributed by atoms with Gasteiger partial charge in [0.05, 0.1) is 4.92 Å². The fraction of sp³-hybridized carbons (Fsp3) is 0.0714. The Morgan fingerprint density at radius 1 is 1.06 bits per heavy atom. The van der Waals surface area contributed by atoms with Crippen LogP contribution in [0.3, 0.4) is 0 Å². The number of carbonyl (C=O) groups is 1. The molecule has 0 atom stereocenters. The van der Waals surface area contributed by atoms with Crippen LogP contribution in [0.15, 0.2) is 42.5 Å². The zero-order valence-electron chi connectivity index (χ0n) is 9.79. The van der Waals surface area contributed by atoms with Crippen molar-refractivity contribution in [2.45, 2.75) is 6.92 Å². The lowest BCUT2D eigenvalue weighted by Crippen LogP contribution is -1.89. The zero-order valence-corrected chi connectivity index (χ0v) is 9.79. The highest BCUT2D eigenvalue weighted by molar-refractivity contribution is 5.79. The number of hydrogen-bond acceptors (Lipinski definition) is 3. The third-order valence-corrected chi connectivity index (χ3v) is 2.81. The summed E-state index contributed by atoms with van der Waals surface area (Å²) in [7, 11) is 0. The van der Waals surface area contributed by atoms with Crippen molar-refractivity contribution in [1.29, 1.82) is 0 Å². The van der Waals surface area contributed by atoms with Crippen LogP contribution >= 0.6 is 0 Å². The second-order valence-corrected chi connectivity index (χ2v) is 3.99. The van der Waals surface area contributed by atoms with E-state index < -0.39 is 4.92 Å². The minimum atomic E-state index is -0.426. The summed E-state index contributed by atoms with van der Waals surface area (Å²) in [6.45, 7) is 1.86. The van der Waals surface area contributed by atoms with E-state index in [2.05, 4.69) is 0 Å². The molecule has 0 radical (unpaired) electrons. The van der Waals surface area contributed by atoms with Crippen LogP contribution in [0.2, 0.25) is 0 Å². The van der Waals surface area contributed by atoms with Crippen molar-refractivity contribution in [2.75, 3.05) is 0 Å². The van der Waals surface area contributed by atoms with Gasteiger partial charge in [-0.3, -0.25) is 14.9 Å². The van der Waals surface area contributed by atoms with Gasteiger partial charge in [-0.25, -0.2) is 0 Å². The molecule has 2 aromatic rings. The van der Waals surface area contributed by atoms with Crippen molar-refractivity contribution >= 4 is 12.0 Å². The summed E-state index contributed by atoms with van der Waals surface area (Å²) in [5.74, 6) is 0. The number of rotatable bonds is 3. The fourth-order valence-electron chi connectivity index (χ4n) is 1.76. The number of aldehydes is 1. The minimum Gasteiger partial charge on any atom is -0.298 e. The van der Waals surface area contributed by atoms with Gasteiger partial charge in [0.1, 0.15) is 6.29 Å². The monoisotopic (exact) mass is 241 g/mol. The summed E-state index contributed by atoms with van der Waals surface area (Å²) >= 11 is 0. The highest BCUT2D eigenvalue weighted by atomic mass is 16.6. The predicted molar refractivity (Wildman–Crippen MR) is 68.7 cm³/mol. The van der Waals surface area contributed by atoms with E-state index in [1.807, 2.05) is 19.1 Å². The van der Waals surface area contributed by atoms with Crippen LogP contribution in [0, 0.1) is 17.0 Å². The third kappa shape index (κ3) is 2.27. The van der Waals surface area contributed by atoms with Crippen LogP contribution in [0.4, 0.5) is 5.69 Å². The van der Waals surface area contributed by atoms with E-state index in [1.165, 1.54) is 12.1 Å². The van der Waals surface area contributed by atoms with Gasteiger partial charge < -0.3 is 0 Å². The van der Waals surface area contributed by atoms with E-state index in [9.17, 15) is 14.9 Å². The highest BCUT2D eigenvalue weighted by Crippen LogP contribution is 2.24. The molecule has 0 saturated carbocycles. The number of nitro benzene ring substituents is 1. The summed E-state index contributed by atoms with van der Waals surface area (Å²) in [4.78, 5) is 20.8. The number of benzene rings is 2. The molecule has 18 heavy (non-hydrogen) atoms. The maximum absolute atomic E-state index is 10.7. The van der Waals surface area contributed by atoms with Gasteiger partial charge in [0.2, 0.25) is 0 Å². The molecule has 2 aromatic carbocycles. The van der Waals surface area contributed by atoms with Crippen LogP contribution < -0.4 is 0 Å². The maximum atomic E-state index is 10.7. The van der Waals surface area contributed by atoms with Gasteiger partial charge in [-0.2, -0.15) is 0 Å². The molecule has 0 N–H and O–H groups in total. The molecule has 0 saturated heterocycles. The maximum Gasteiger partial charge on any atom is 0.269 e. The number of nitro groups is 1. The quantitative estimate of drug-likeness (QED) is 0.470. The largest absolute Gasteiger partial charge is 0.298 e. The van der Waals surface area contributed by atoms with E-state index in [4.69, 9.17) is 0 Å². The first-order valence-electron chi connectivity index (χ1n) is 5.42. The SMILES string of the molecule is Cc1cc(-c2ccc([N+](=O)[O-])cc2)ccc1C=O. The molecule has 0 fully saturated rings. The molecule has 0 amide bonds. The smallest absolute Gasteiger partial charge is 0.269 e. The Kier molecular flexibility index (Phi) is 3.19. The Hall–Kier alpha value is -2.49. The van der Waals surface area contributed by atoms with Crippen LogP contribution in [-0.2, 0) is 0 Å². The molecule has 0 aromatic heterocycles. The Morgan fingerprint density at radius 3 is 2.17 bits per heavy atom. The summed E-state index contributed by atoms with van der Waals surface area (Å²) in [5.41, 5.74) is 3.44. The van der Waals surface area contributed by atoms with Gasteiger partial charge >= 0.3 is 0 Å². The van der Waals surface area contributed by atoms with Gasteiger partial charge in [-0.05, 0) is 35.7 Å². The van der Waals surface area contributed by atoms with Gasteiger partial charge in [-0.1, -0.05) is 18.2 Å². The molecular formula is C14H11NO3. The number of nitrogens with zero attached hydrogens (tertiary/aromatic N) is 1. The van der Waals surface area contributed by atoms with Crippen molar-refractivity contribution < 1.29 is 9.72 Å². The van der Waals surface area contributed by atoms with Gasteiger partial charge in [0.25, 0.3) is 5.69 Å². The molecule has 0 unspecified atom stereocenters. The second kappa shape index (κ2) is 4.79. The first-order valence-corrected chi connectivity index (χ1v) is 5.42. The van der Waals surface area contributed by atoms with E-state index in [0.29, 0.717) is 5.56 Å². The van der Waals surface area contributed by atoms with Gasteiger partial charge in [0, 0.05) is 17.7 Å². The van der Waals surface area contributed by atoms with Crippen LogP contribution in [-0.4, -0.2) is 11.2 Å². The lowest BCUT2D eigenvalue weighted by Gasteiger charge is -2.04. The van der Waals surface area contributed by atoms with Crippen molar-refractivity contribution in [3.63, 3.8) is 0 Å². The molecule has 4 nitrogen and oxygen atoms in total. The van der Waals surface area contributed by atoms with Crippen molar-refractivity contribution in [3.8, 4) is 11.1 Å². The summed E-state index contributed by atoms with van der Waals surface area (Å²) in [6, 6.07) is 11.8. The molecule has 90 valence electrons. The highest BCUT2D eigenvalue weighted by Gasteiger charge is 2.06. The van der Waals surface area contributed by atoms with Crippen molar-refractivity contribution in [2.24, 2.45) is 0 Å². The zero-order chi connectivity index (χ0) is 13.1. The van der Waals surface area contributed by atoms with E-state index in [0.717, 1.165) is 23.0 Å². The average molecular weight is 241 g/mol. The van der Waals surface area contributed by atoms with Crippen molar-refractivity contribution in [3.05, 3.63) is 63.7 Å². The summed E-state index contributed by atoms with van der Waals surface area (Å²) in [5, 5.41) is 10.6. The fourth-order valence-corrected chi connectivity index (χ4v) is 1.76. The Bertz CT molecular complexity index is 603. The Morgan fingerprint density at radius 2 is 1.67 bits per heavy atom. The topological polar surface area (TPSA) is 60.2 Å². The molecule has 0 spiro atoms. The molecule has 0 aliphatic heterocycles. The molecular weight excluding hydrogens is 230 g/mol. The molecule has 2 rings (SSSR count). The predicted octanol–water partition coefficient (Wildman–Crippen LogP) is 3.38. The summed E-state index contributed by atoms with van der Waals surface area (Å²) < 4.78 is 0. The lowest BCUT2D eigenvalue weighted by atomic mass is 10.0. The van der Waals surface area contributed by atoms with Crippen molar-refractivity contribution in [1.82, 2.24) is 0 Å². The molecule has 0 aliphatic rings. The lowest BCUT2D eigenvalue weighted by molar-refractivity contribution is -0.384. The van der Waals surface area contributed by atoms with Crippen LogP contribution in [0.25, 0.3) is 11.1 Å². The number of carbonyl (C=O) groups excluding carboxylic acids is 1. The molecule has 0 heterocycles. The van der Waals surface area contributed by atoms with E-state index in [1.54, 1.807) is 18.2 Å². The standard InChI is InChI=1S/C14H11NO3/c1-10-8-12(2-3-13(10)9-16)11-4-6-14(7-5-11)15(17)18/h2-9H,1H3. The van der Waals surface area contributed by atoms with Crippen LogP contribution in [0.5, 0.6) is 0 Å². The van der Waals surface area contributed by atoms with Gasteiger partial charge in [-0.15, -0.1) is 0 Å². The minimum absolute atomic E-state index is 0.0694. The van der Waals surface area contributed by atoms with Gasteiger partial charge in [0.15, 0.2) is 0 Å². The second-order valence-electron chi connectivity index (χ2n) is 3.99. The first kappa shape index (κ1) is 12.0. The third-order valence-electron chi connectivity index (χ3n) is 2.81. The first-order chi connectivity index (χ1) is 8.61. The summed E-state index contributed by atoms with van der Waals surface area (Å²) in [6.07, 6.45) is 0.814. The van der Waals surface area contributed by atoms with E-state index >= 15 is 0 Å². The molecule has 0 aliphatic carbocycles.